The van der Waals surface area contributed by atoms with Crippen molar-refractivity contribution in [1.82, 2.24) is 0 Å². The van der Waals surface area contributed by atoms with Crippen LogP contribution in [-0.2, 0) is 11.3 Å². The maximum absolute atomic E-state index is 15.0. The van der Waals surface area contributed by atoms with Crippen molar-refractivity contribution in [1.29, 1.82) is 0 Å². The summed E-state index contributed by atoms with van der Waals surface area (Å²) in [4.78, 5) is 0. The van der Waals surface area contributed by atoms with Gasteiger partial charge in [0, 0.05) is 11.3 Å². The summed E-state index contributed by atoms with van der Waals surface area (Å²) < 4.78 is 102. The molecule has 1 nitrogen and oxygen atoms in total. The zero-order valence-electron chi connectivity index (χ0n) is 21.5. The van der Waals surface area contributed by atoms with Crippen LogP contribution in [0.1, 0.15) is 69.4 Å². The quantitative estimate of drug-likeness (QED) is 0.154. The average molecular weight is 551 g/mol. The van der Waals surface area contributed by atoms with Crippen LogP contribution in [0.25, 0.3) is 21.9 Å². The van der Waals surface area contributed by atoms with Gasteiger partial charge in [-0.2, -0.15) is 13.2 Å². The Balaban J connectivity index is 1.48. The maximum Gasteiger partial charge on any atom is 0.458 e. The molecule has 1 aliphatic carbocycles. The van der Waals surface area contributed by atoms with Crippen molar-refractivity contribution in [3.8, 4) is 23.0 Å². The number of benzene rings is 3. The van der Waals surface area contributed by atoms with Gasteiger partial charge in [0.25, 0.3) is 0 Å². The molecule has 3 aromatic carbocycles. The molecule has 0 heterocycles. The molecule has 0 N–H and O–H groups in total. The predicted molar refractivity (Wildman–Crippen MR) is 137 cm³/mol. The van der Waals surface area contributed by atoms with E-state index in [2.05, 4.69) is 6.92 Å². The molecule has 1 saturated carbocycles. The van der Waals surface area contributed by atoms with Crippen LogP contribution >= 0.6 is 0 Å². The van der Waals surface area contributed by atoms with Gasteiger partial charge in [0.2, 0.25) is 0 Å². The first-order chi connectivity index (χ1) is 18.6. The van der Waals surface area contributed by atoms with E-state index in [1.807, 2.05) is 0 Å². The number of alkyl halides is 3. The Bertz CT molecular complexity index is 1350. The first-order valence-electron chi connectivity index (χ1n) is 13.2. The smallest absolute Gasteiger partial charge is 0.374 e. The van der Waals surface area contributed by atoms with Crippen LogP contribution in [0.5, 0.6) is 0 Å². The number of ether oxygens (including phenoxy) is 1. The van der Waals surface area contributed by atoms with Gasteiger partial charge in [-0.15, -0.1) is 0 Å². The van der Waals surface area contributed by atoms with Crippen LogP contribution in [0.15, 0.2) is 36.4 Å². The molecule has 8 heteroatoms. The molecule has 4 rings (SSSR count). The molecule has 0 bridgehead atoms. The lowest BCUT2D eigenvalue weighted by Gasteiger charge is -2.28. The maximum atomic E-state index is 15.0. The highest BCUT2D eigenvalue weighted by molar-refractivity contribution is 5.89. The van der Waals surface area contributed by atoms with E-state index in [1.54, 1.807) is 0 Å². The number of unbranched alkanes of at least 4 members (excludes halogenated alkanes) is 2. The van der Waals surface area contributed by atoms with E-state index in [1.165, 1.54) is 55.9 Å². The van der Waals surface area contributed by atoms with Crippen molar-refractivity contribution in [2.24, 2.45) is 5.92 Å². The molecular weight excluding hydrogens is 521 g/mol. The number of halogens is 7. The summed E-state index contributed by atoms with van der Waals surface area (Å²) in [5.41, 5.74) is -1.04. The number of fused-ring (bicyclic) bond motifs is 1. The number of hydrogen-bond donors (Lipinski definition) is 0. The first-order valence-corrected chi connectivity index (χ1v) is 13.2. The highest BCUT2D eigenvalue weighted by Crippen LogP contribution is 2.34. The lowest BCUT2D eigenvalue weighted by Crippen LogP contribution is -2.21. The molecule has 0 aliphatic heterocycles. The summed E-state index contributed by atoms with van der Waals surface area (Å²) in [6, 6.07) is 6.68. The minimum atomic E-state index is -4.92. The highest BCUT2D eigenvalue weighted by Gasteiger charge is 2.24. The van der Waals surface area contributed by atoms with Gasteiger partial charge in [-0.25, -0.2) is 17.6 Å². The van der Waals surface area contributed by atoms with Crippen LogP contribution in [-0.4, -0.2) is 12.3 Å². The topological polar surface area (TPSA) is 9.23 Å². The molecule has 3 aromatic rings. The summed E-state index contributed by atoms with van der Waals surface area (Å²) >= 11 is 0. The van der Waals surface area contributed by atoms with Crippen LogP contribution in [0.2, 0.25) is 0 Å². The van der Waals surface area contributed by atoms with Gasteiger partial charge in [0.15, 0.2) is 0 Å². The molecule has 1 fully saturated rings. The second-order valence-electron chi connectivity index (χ2n) is 10.1. The normalized spacial score (nSPS) is 17.7. The van der Waals surface area contributed by atoms with Crippen molar-refractivity contribution in [2.75, 3.05) is 0 Å². The Morgan fingerprint density at radius 3 is 2.21 bits per heavy atom. The predicted octanol–water partition coefficient (Wildman–Crippen LogP) is 9.63. The van der Waals surface area contributed by atoms with Crippen molar-refractivity contribution >= 4 is 10.8 Å². The van der Waals surface area contributed by atoms with Gasteiger partial charge >= 0.3 is 6.18 Å². The zero-order valence-corrected chi connectivity index (χ0v) is 21.5. The van der Waals surface area contributed by atoms with Crippen molar-refractivity contribution in [2.45, 2.75) is 77.2 Å². The molecule has 0 atom stereocenters. The third-order valence-corrected chi connectivity index (χ3v) is 7.24. The van der Waals surface area contributed by atoms with E-state index >= 15 is 8.78 Å². The minimum absolute atomic E-state index is 0.0271. The second kappa shape index (κ2) is 12.4. The lowest BCUT2D eigenvalue weighted by atomic mass is 9.84. The Kier molecular flexibility index (Phi) is 9.22. The second-order valence-corrected chi connectivity index (χ2v) is 10.1. The monoisotopic (exact) mass is 550 g/mol. The van der Waals surface area contributed by atoms with E-state index in [0.29, 0.717) is 11.5 Å². The van der Waals surface area contributed by atoms with Gasteiger partial charge in [0.1, 0.15) is 23.3 Å². The summed E-state index contributed by atoms with van der Waals surface area (Å²) in [5, 5.41) is -0.297. The first kappa shape index (κ1) is 28.9. The summed E-state index contributed by atoms with van der Waals surface area (Å²) in [6.07, 6.45) is 4.10. The summed E-state index contributed by atoms with van der Waals surface area (Å²) in [7, 11) is 0. The van der Waals surface area contributed by atoms with E-state index in [9.17, 15) is 22.0 Å². The fourth-order valence-electron chi connectivity index (χ4n) is 5.20. The molecular formula is C31H29F7O. The van der Waals surface area contributed by atoms with E-state index in [0.717, 1.165) is 43.7 Å². The largest absolute Gasteiger partial charge is 0.458 e. The van der Waals surface area contributed by atoms with Gasteiger partial charge in [-0.3, -0.25) is 0 Å². The average Bonchev–Trinajstić information content (AvgIpc) is 2.87. The molecule has 208 valence electrons. The molecule has 0 aromatic heterocycles. The van der Waals surface area contributed by atoms with Gasteiger partial charge in [-0.1, -0.05) is 50.7 Å². The third kappa shape index (κ3) is 7.33. The van der Waals surface area contributed by atoms with Gasteiger partial charge in [-0.05, 0) is 72.4 Å². The Morgan fingerprint density at radius 1 is 0.872 bits per heavy atom. The van der Waals surface area contributed by atoms with Crippen molar-refractivity contribution in [3.05, 3.63) is 70.8 Å². The SMILES string of the molecule is CCCCCC1CCC(OCc2cc(F)c(-c3ccc4c(F)c(C#CC(F)(F)F)c(F)cc4c3)c(F)c2)CC1. The summed E-state index contributed by atoms with van der Waals surface area (Å²) in [5.74, 6) is -1.27. The minimum Gasteiger partial charge on any atom is -0.374 e. The van der Waals surface area contributed by atoms with Gasteiger partial charge in [0.05, 0.1) is 23.8 Å². The molecule has 0 radical (unpaired) electrons. The molecule has 0 spiro atoms. The Morgan fingerprint density at radius 2 is 1.56 bits per heavy atom. The molecule has 0 unspecified atom stereocenters. The Labute approximate surface area is 223 Å². The Hall–Kier alpha value is -3.05. The van der Waals surface area contributed by atoms with E-state index in [-0.39, 0.29) is 34.6 Å². The van der Waals surface area contributed by atoms with E-state index < -0.39 is 35.0 Å². The third-order valence-electron chi connectivity index (χ3n) is 7.24. The molecule has 0 amide bonds. The highest BCUT2D eigenvalue weighted by atomic mass is 19.4. The van der Waals surface area contributed by atoms with Crippen LogP contribution in [0.4, 0.5) is 30.7 Å². The van der Waals surface area contributed by atoms with Crippen LogP contribution in [0.3, 0.4) is 0 Å². The van der Waals surface area contributed by atoms with E-state index in [4.69, 9.17) is 4.74 Å². The van der Waals surface area contributed by atoms with Crippen LogP contribution < -0.4 is 0 Å². The molecule has 39 heavy (non-hydrogen) atoms. The zero-order chi connectivity index (χ0) is 28.2. The fraction of sp³-hybridized carbons (Fsp3) is 0.419. The summed E-state index contributed by atoms with van der Waals surface area (Å²) in [6.45, 7) is 2.25. The van der Waals surface area contributed by atoms with Crippen molar-refractivity contribution < 1.29 is 35.5 Å². The number of hydrogen-bond acceptors (Lipinski definition) is 1. The number of rotatable bonds is 8. The van der Waals surface area contributed by atoms with Gasteiger partial charge < -0.3 is 4.74 Å². The van der Waals surface area contributed by atoms with Crippen LogP contribution in [0, 0.1) is 41.0 Å². The molecule has 0 saturated heterocycles. The van der Waals surface area contributed by atoms with Crippen molar-refractivity contribution in [3.63, 3.8) is 0 Å². The molecule has 1 aliphatic rings. The lowest BCUT2D eigenvalue weighted by molar-refractivity contribution is -0.0696. The fourth-order valence-corrected chi connectivity index (χ4v) is 5.20. The standard InChI is InChI=1S/C31H29F7O/c1-2-3-4-5-19-6-9-23(10-7-19)39-18-20-14-27(33)29(28(34)15-20)21-8-11-24-22(16-21)17-26(32)25(30(24)35)12-13-31(36,37)38/h8,11,14-17,19,23H,2-7,9-10,18H2,1H3.